The Labute approximate surface area is 373 Å². The van der Waals surface area contributed by atoms with Crippen LogP contribution in [0.3, 0.4) is 0 Å². The van der Waals surface area contributed by atoms with Gasteiger partial charge in [0.2, 0.25) is 5.91 Å². The first-order valence-corrected chi connectivity index (χ1v) is 26.2. The normalized spacial score (nSPS) is 13.5. The average Bonchev–Trinajstić information content (AvgIpc) is 3.24. The molecule has 0 fully saturated rings. The number of rotatable bonds is 47. The molecule has 0 aromatic heterocycles. The fourth-order valence-electron chi connectivity index (χ4n) is 7.93. The number of aliphatic hydroxyl groups excluding tert-OH is 2. The molecule has 6 heteroatoms. The number of unbranched alkanes of at least 4 members (excludes halogenated alkanes) is 29. The van der Waals surface area contributed by atoms with Gasteiger partial charge < -0.3 is 20.3 Å². The maximum atomic E-state index is 13.2. The van der Waals surface area contributed by atoms with E-state index in [-0.39, 0.29) is 24.9 Å². The van der Waals surface area contributed by atoms with E-state index in [1.54, 1.807) is 0 Å². The molecular formula is C54H101NO5. The number of aliphatic hydroxyl groups is 2. The molecule has 0 bridgehead atoms. The second kappa shape index (κ2) is 48.1. The number of esters is 1. The highest BCUT2D eigenvalue weighted by Crippen LogP contribution is 2.18. The Bertz CT molecular complexity index is 993. The van der Waals surface area contributed by atoms with Crippen LogP contribution in [0.1, 0.15) is 271 Å². The van der Waals surface area contributed by atoms with Gasteiger partial charge in [0, 0.05) is 6.42 Å². The molecule has 0 spiro atoms. The molecule has 6 nitrogen and oxygen atoms in total. The Morgan fingerprint density at radius 2 is 0.850 bits per heavy atom. The second-order valence-corrected chi connectivity index (χ2v) is 17.9. The third-order valence-electron chi connectivity index (χ3n) is 11.9. The molecule has 3 atom stereocenters. The van der Waals surface area contributed by atoms with Crippen LogP contribution in [0.2, 0.25) is 0 Å². The third-order valence-corrected chi connectivity index (χ3v) is 11.9. The van der Waals surface area contributed by atoms with Crippen LogP contribution in [0.25, 0.3) is 0 Å². The lowest BCUT2D eigenvalue weighted by molar-refractivity contribution is -0.151. The Morgan fingerprint density at radius 3 is 1.32 bits per heavy atom. The standard InChI is InChI=1S/C54H101NO5/c1-4-7-10-13-16-19-22-25-27-28-30-33-36-39-42-45-50(60-54(59)47-44-41-38-35-32-29-26-23-20-17-14-11-8-5-2)48-53(58)55-51(49-56)52(57)46-43-40-37-34-31-24-21-18-15-12-9-6-3/h16,19,25,27,29,32,50-52,56-57H,4-15,17-18,20-24,26,28,30-31,33-49H2,1-3H3,(H,55,58)/b19-16-,27-25-,32-29-. The summed E-state index contributed by atoms with van der Waals surface area (Å²) in [6.07, 6.45) is 56.3. The number of carbonyl (C=O) groups is 2. The third kappa shape index (κ3) is 42.8. The quantitative estimate of drug-likeness (QED) is 0.0322. The minimum absolute atomic E-state index is 0.0644. The zero-order chi connectivity index (χ0) is 43.8. The Hall–Kier alpha value is -1.92. The fraction of sp³-hybridized carbons (Fsp3) is 0.852. The van der Waals surface area contributed by atoms with Crippen molar-refractivity contribution in [1.82, 2.24) is 5.32 Å². The topological polar surface area (TPSA) is 95.9 Å². The van der Waals surface area contributed by atoms with E-state index in [9.17, 15) is 19.8 Å². The van der Waals surface area contributed by atoms with E-state index < -0.39 is 18.2 Å². The van der Waals surface area contributed by atoms with Crippen LogP contribution in [0, 0.1) is 0 Å². The lowest BCUT2D eigenvalue weighted by Gasteiger charge is -2.24. The summed E-state index contributed by atoms with van der Waals surface area (Å²) in [5, 5.41) is 23.8. The summed E-state index contributed by atoms with van der Waals surface area (Å²) in [5.74, 6) is -0.498. The molecule has 0 aromatic rings. The van der Waals surface area contributed by atoms with E-state index in [0.717, 1.165) is 77.0 Å². The van der Waals surface area contributed by atoms with Crippen LogP contribution in [-0.4, -0.2) is 46.9 Å². The second-order valence-electron chi connectivity index (χ2n) is 17.9. The first-order valence-electron chi connectivity index (χ1n) is 26.2. The van der Waals surface area contributed by atoms with Gasteiger partial charge in [-0.2, -0.15) is 0 Å². The van der Waals surface area contributed by atoms with Gasteiger partial charge in [0.1, 0.15) is 6.10 Å². The van der Waals surface area contributed by atoms with E-state index in [0.29, 0.717) is 19.3 Å². The summed E-state index contributed by atoms with van der Waals surface area (Å²) >= 11 is 0. The van der Waals surface area contributed by atoms with Gasteiger partial charge in [-0.3, -0.25) is 9.59 Å². The van der Waals surface area contributed by atoms with Crippen LogP contribution >= 0.6 is 0 Å². The minimum Gasteiger partial charge on any atom is -0.462 e. The van der Waals surface area contributed by atoms with Gasteiger partial charge in [0.15, 0.2) is 0 Å². The first kappa shape index (κ1) is 58.1. The predicted molar refractivity (Wildman–Crippen MR) is 259 cm³/mol. The molecule has 0 saturated carbocycles. The zero-order valence-corrected chi connectivity index (χ0v) is 40.1. The van der Waals surface area contributed by atoms with Crippen molar-refractivity contribution in [1.29, 1.82) is 0 Å². The van der Waals surface area contributed by atoms with Crippen molar-refractivity contribution in [3.8, 4) is 0 Å². The van der Waals surface area contributed by atoms with Gasteiger partial charge in [-0.15, -0.1) is 0 Å². The number of ether oxygens (including phenoxy) is 1. The van der Waals surface area contributed by atoms with Crippen molar-refractivity contribution >= 4 is 11.9 Å². The molecule has 0 heterocycles. The summed E-state index contributed by atoms with van der Waals surface area (Å²) in [6, 6.07) is -0.706. The van der Waals surface area contributed by atoms with Crippen molar-refractivity contribution in [2.75, 3.05) is 6.61 Å². The van der Waals surface area contributed by atoms with Crippen molar-refractivity contribution < 1.29 is 24.5 Å². The molecule has 0 aromatic carbocycles. The Balaban J connectivity index is 4.62. The van der Waals surface area contributed by atoms with Crippen LogP contribution in [0.15, 0.2) is 36.5 Å². The molecule has 0 aliphatic rings. The van der Waals surface area contributed by atoms with Crippen molar-refractivity contribution in [3.05, 3.63) is 36.5 Å². The van der Waals surface area contributed by atoms with Gasteiger partial charge in [-0.05, 0) is 83.5 Å². The molecule has 0 aliphatic carbocycles. The molecule has 3 unspecified atom stereocenters. The van der Waals surface area contributed by atoms with E-state index in [2.05, 4.69) is 62.5 Å². The van der Waals surface area contributed by atoms with Gasteiger partial charge in [0.05, 0.1) is 25.2 Å². The van der Waals surface area contributed by atoms with Gasteiger partial charge in [-0.25, -0.2) is 0 Å². The lowest BCUT2D eigenvalue weighted by Crippen LogP contribution is -2.46. The van der Waals surface area contributed by atoms with Crippen LogP contribution < -0.4 is 5.32 Å². The van der Waals surface area contributed by atoms with Crippen molar-refractivity contribution in [3.63, 3.8) is 0 Å². The molecule has 60 heavy (non-hydrogen) atoms. The van der Waals surface area contributed by atoms with Gasteiger partial charge in [-0.1, -0.05) is 211 Å². The molecule has 0 saturated heterocycles. The zero-order valence-electron chi connectivity index (χ0n) is 40.1. The van der Waals surface area contributed by atoms with Crippen molar-refractivity contribution in [2.45, 2.75) is 289 Å². The number of hydrogen-bond donors (Lipinski definition) is 3. The molecule has 352 valence electrons. The number of carbonyl (C=O) groups excluding carboxylic acids is 2. The highest BCUT2D eigenvalue weighted by molar-refractivity contribution is 5.77. The summed E-state index contributed by atoms with van der Waals surface area (Å²) in [7, 11) is 0. The fourth-order valence-corrected chi connectivity index (χ4v) is 7.93. The summed E-state index contributed by atoms with van der Waals surface area (Å²) < 4.78 is 5.92. The van der Waals surface area contributed by atoms with E-state index in [1.165, 1.54) is 148 Å². The maximum absolute atomic E-state index is 13.2. The molecule has 0 rings (SSSR count). The molecular weight excluding hydrogens is 743 g/mol. The highest BCUT2D eigenvalue weighted by atomic mass is 16.5. The minimum atomic E-state index is -0.792. The van der Waals surface area contributed by atoms with E-state index in [4.69, 9.17) is 4.74 Å². The number of amides is 1. The van der Waals surface area contributed by atoms with Crippen LogP contribution in [0.4, 0.5) is 0 Å². The Morgan fingerprint density at radius 1 is 0.483 bits per heavy atom. The first-order chi connectivity index (χ1) is 29.5. The molecule has 1 amide bonds. The van der Waals surface area contributed by atoms with Crippen LogP contribution in [0.5, 0.6) is 0 Å². The van der Waals surface area contributed by atoms with Gasteiger partial charge in [0.25, 0.3) is 0 Å². The SMILES string of the molecule is CCCCC/C=C\C/C=C\CCCCCCCC(CC(=O)NC(CO)C(O)CCCCCCCCCCCCCC)OC(=O)CCCCC/C=C\CCCCCCCCC. The van der Waals surface area contributed by atoms with E-state index >= 15 is 0 Å². The number of allylic oxidation sites excluding steroid dienone is 6. The molecule has 3 N–H and O–H groups in total. The molecule has 0 radical (unpaired) electrons. The smallest absolute Gasteiger partial charge is 0.306 e. The monoisotopic (exact) mass is 844 g/mol. The maximum Gasteiger partial charge on any atom is 0.306 e. The molecule has 0 aliphatic heterocycles. The Kier molecular flexibility index (Phi) is 46.6. The summed E-state index contributed by atoms with van der Waals surface area (Å²) in [5.41, 5.74) is 0. The summed E-state index contributed by atoms with van der Waals surface area (Å²) in [6.45, 7) is 6.45. The van der Waals surface area contributed by atoms with Gasteiger partial charge >= 0.3 is 5.97 Å². The van der Waals surface area contributed by atoms with Crippen LogP contribution in [-0.2, 0) is 14.3 Å². The lowest BCUT2D eigenvalue weighted by atomic mass is 10.0. The van der Waals surface area contributed by atoms with Crippen molar-refractivity contribution in [2.24, 2.45) is 0 Å². The largest absolute Gasteiger partial charge is 0.462 e. The van der Waals surface area contributed by atoms with E-state index in [1.807, 2.05) is 0 Å². The summed E-state index contributed by atoms with van der Waals surface area (Å²) in [4.78, 5) is 26.1. The average molecular weight is 844 g/mol. The number of hydrogen-bond acceptors (Lipinski definition) is 5. The highest BCUT2D eigenvalue weighted by Gasteiger charge is 2.24. The number of nitrogens with one attached hydrogen (secondary N) is 1. The predicted octanol–water partition coefficient (Wildman–Crippen LogP) is 15.7.